The molecule has 0 saturated carbocycles. The SMILES string of the molecule is NNC(=O)CCCCC(=O)NN.NNC(=O)c1ccc(C(=O)NN)cc1. The molecule has 4 amide bonds. The molecular formula is C14H24N8O4. The molecule has 0 aliphatic carbocycles. The molecule has 1 aromatic rings. The van der Waals surface area contributed by atoms with Gasteiger partial charge >= 0.3 is 0 Å². The summed E-state index contributed by atoms with van der Waals surface area (Å²) in [5, 5.41) is 0. The first-order chi connectivity index (χ1) is 12.4. The second-order valence-electron chi connectivity index (χ2n) is 4.87. The van der Waals surface area contributed by atoms with E-state index in [-0.39, 0.29) is 11.8 Å². The molecule has 12 heteroatoms. The molecule has 0 aliphatic rings. The molecule has 0 heterocycles. The smallest absolute Gasteiger partial charge is 0.265 e. The van der Waals surface area contributed by atoms with Crippen LogP contribution in [0.3, 0.4) is 0 Å². The number of nitrogens with one attached hydrogen (secondary N) is 4. The second-order valence-corrected chi connectivity index (χ2v) is 4.87. The van der Waals surface area contributed by atoms with Gasteiger partial charge in [0.1, 0.15) is 0 Å². The van der Waals surface area contributed by atoms with Crippen LogP contribution in [0.25, 0.3) is 0 Å². The Balaban J connectivity index is 0.000000488. The van der Waals surface area contributed by atoms with Crippen LogP contribution in [-0.4, -0.2) is 23.6 Å². The molecule has 26 heavy (non-hydrogen) atoms. The van der Waals surface area contributed by atoms with Crippen molar-refractivity contribution in [2.45, 2.75) is 25.7 Å². The third kappa shape index (κ3) is 9.29. The zero-order chi connectivity index (χ0) is 19.9. The third-order valence-electron chi connectivity index (χ3n) is 3.05. The Bertz CT molecular complexity index is 552. The molecule has 12 nitrogen and oxygen atoms in total. The quantitative estimate of drug-likeness (QED) is 0.110. The van der Waals surface area contributed by atoms with Gasteiger partial charge in [0.05, 0.1) is 0 Å². The number of carbonyl (C=O) groups is 4. The minimum Gasteiger partial charge on any atom is -0.294 e. The van der Waals surface area contributed by atoms with E-state index in [1.807, 2.05) is 21.7 Å². The molecule has 144 valence electrons. The Morgan fingerprint density at radius 1 is 0.615 bits per heavy atom. The summed E-state index contributed by atoms with van der Waals surface area (Å²) in [6, 6.07) is 5.92. The highest BCUT2D eigenvalue weighted by Gasteiger charge is 2.06. The van der Waals surface area contributed by atoms with Gasteiger partial charge in [-0.15, -0.1) is 0 Å². The monoisotopic (exact) mass is 368 g/mol. The van der Waals surface area contributed by atoms with E-state index in [1.165, 1.54) is 24.3 Å². The number of hydrogen-bond donors (Lipinski definition) is 8. The zero-order valence-corrected chi connectivity index (χ0v) is 14.1. The predicted octanol–water partition coefficient (Wildman–Crippen LogP) is -2.58. The van der Waals surface area contributed by atoms with Crippen molar-refractivity contribution in [2.75, 3.05) is 0 Å². The van der Waals surface area contributed by atoms with Crippen molar-refractivity contribution < 1.29 is 19.2 Å². The Morgan fingerprint density at radius 2 is 0.923 bits per heavy atom. The Labute approximate surface area is 149 Å². The summed E-state index contributed by atoms with van der Waals surface area (Å²) in [5.41, 5.74) is 8.72. The highest BCUT2D eigenvalue weighted by atomic mass is 16.2. The summed E-state index contributed by atoms with van der Waals surface area (Å²) in [7, 11) is 0. The molecule has 0 saturated heterocycles. The van der Waals surface area contributed by atoms with Gasteiger partial charge in [-0.2, -0.15) is 0 Å². The van der Waals surface area contributed by atoms with E-state index in [0.717, 1.165) is 0 Å². The third-order valence-corrected chi connectivity index (χ3v) is 3.05. The fourth-order valence-corrected chi connectivity index (χ4v) is 1.66. The van der Waals surface area contributed by atoms with Crippen LogP contribution in [0.4, 0.5) is 0 Å². The van der Waals surface area contributed by atoms with E-state index >= 15 is 0 Å². The van der Waals surface area contributed by atoms with Crippen LogP contribution in [-0.2, 0) is 9.59 Å². The summed E-state index contributed by atoms with van der Waals surface area (Å²) in [6.07, 6.45) is 1.95. The second kappa shape index (κ2) is 13.3. The fourth-order valence-electron chi connectivity index (χ4n) is 1.66. The van der Waals surface area contributed by atoms with Crippen molar-refractivity contribution in [1.82, 2.24) is 21.7 Å². The van der Waals surface area contributed by atoms with Gasteiger partial charge < -0.3 is 0 Å². The average molecular weight is 368 g/mol. The van der Waals surface area contributed by atoms with E-state index in [4.69, 9.17) is 23.4 Å². The van der Waals surface area contributed by atoms with Crippen LogP contribution in [0.15, 0.2) is 24.3 Å². The summed E-state index contributed by atoms with van der Waals surface area (Å²) < 4.78 is 0. The lowest BCUT2D eigenvalue weighted by Crippen LogP contribution is -2.31. The largest absolute Gasteiger partial charge is 0.294 e. The van der Waals surface area contributed by atoms with Crippen molar-refractivity contribution in [1.29, 1.82) is 0 Å². The maximum absolute atomic E-state index is 11.0. The lowest BCUT2D eigenvalue weighted by Gasteiger charge is -2.01. The normalized spacial score (nSPS) is 9.23. The zero-order valence-electron chi connectivity index (χ0n) is 14.1. The Morgan fingerprint density at radius 3 is 1.15 bits per heavy atom. The van der Waals surface area contributed by atoms with Crippen molar-refractivity contribution in [3.8, 4) is 0 Å². The van der Waals surface area contributed by atoms with Gasteiger partial charge in [0.15, 0.2) is 0 Å². The van der Waals surface area contributed by atoms with Crippen LogP contribution in [0.5, 0.6) is 0 Å². The molecule has 12 N–H and O–H groups in total. The molecule has 0 fully saturated rings. The molecule has 1 aromatic carbocycles. The molecule has 0 aliphatic heterocycles. The number of nitrogen functional groups attached to an aromatic ring is 2. The van der Waals surface area contributed by atoms with Gasteiger partial charge in [-0.3, -0.25) is 40.9 Å². The summed E-state index contributed by atoms with van der Waals surface area (Å²) in [6.45, 7) is 0. The van der Waals surface area contributed by atoms with E-state index in [0.29, 0.717) is 36.8 Å². The van der Waals surface area contributed by atoms with Crippen LogP contribution < -0.4 is 45.1 Å². The standard InChI is InChI=1S/C8H10N4O2.C6H14N4O2/c9-11-7(13)5-1-2-6(4-3-5)8(14)12-10;7-9-5(11)3-1-2-4-6(12)10-8/h1-4H,9-10H2,(H,11,13)(H,12,14);1-4,7-8H2,(H,9,11)(H,10,12). The Hall–Kier alpha value is -3.06. The average Bonchev–Trinajstić information content (AvgIpc) is 2.69. The molecule has 0 radical (unpaired) electrons. The van der Waals surface area contributed by atoms with Gasteiger partial charge in [-0.1, -0.05) is 0 Å². The van der Waals surface area contributed by atoms with Crippen LogP contribution >= 0.6 is 0 Å². The lowest BCUT2D eigenvalue weighted by atomic mass is 10.1. The first-order valence-electron chi connectivity index (χ1n) is 7.50. The first-order valence-corrected chi connectivity index (χ1v) is 7.50. The summed E-state index contributed by atoms with van der Waals surface area (Å²) in [4.78, 5) is 43.1. The van der Waals surface area contributed by atoms with Crippen LogP contribution in [0.1, 0.15) is 46.4 Å². The molecule has 0 bridgehead atoms. The van der Waals surface area contributed by atoms with Gasteiger partial charge in [-0.25, -0.2) is 23.4 Å². The number of unbranched alkanes of at least 4 members (excludes halogenated alkanes) is 1. The van der Waals surface area contributed by atoms with E-state index < -0.39 is 11.8 Å². The number of hydrazine groups is 4. The topological polar surface area (TPSA) is 220 Å². The number of amides is 4. The van der Waals surface area contributed by atoms with E-state index in [1.54, 1.807) is 0 Å². The summed E-state index contributed by atoms with van der Waals surface area (Å²) in [5.74, 6) is 18.3. The van der Waals surface area contributed by atoms with Crippen molar-refractivity contribution >= 4 is 23.6 Å². The van der Waals surface area contributed by atoms with Gasteiger partial charge in [-0.05, 0) is 37.1 Å². The van der Waals surface area contributed by atoms with Crippen molar-refractivity contribution in [3.05, 3.63) is 35.4 Å². The van der Waals surface area contributed by atoms with Crippen LogP contribution in [0, 0.1) is 0 Å². The maximum Gasteiger partial charge on any atom is 0.265 e. The van der Waals surface area contributed by atoms with Crippen LogP contribution in [0.2, 0.25) is 0 Å². The molecule has 0 spiro atoms. The van der Waals surface area contributed by atoms with E-state index in [2.05, 4.69) is 0 Å². The molecule has 1 rings (SSSR count). The number of carbonyl (C=O) groups excluding carboxylic acids is 4. The lowest BCUT2D eigenvalue weighted by molar-refractivity contribution is -0.123. The number of rotatable bonds is 7. The molecule has 0 atom stereocenters. The van der Waals surface area contributed by atoms with Crippen molar-refractivity contribution in [2.24, 2.45) is 23.4 Å². The van der Waals surface area contributed by atoms with Gasteiger partial charge in [0.2, 0.25) is 11.8 Å². The molecular weight excluding hydrogens is 344 g/mol. The number of nitrogens with two attached hydrogens (primary N) is 4. The Kier molecular flexibility index (Phi) is 11.7. The highest BCUT2D eigenvalue weighted by Crippen LogP contribution is 2.03. The first kappa shape index (κ1) is 22.9. The van der Waals surface area contributed by atoms with Crippen molar-refractivity contribution in [3.63, 3.8) is 0 Å². The molecule has 0 aromatic heterocycles. The van der Waals surface area contributed by atoms with Gasteiger partial charge in [0.25, 0.3) is 11.8 Å². The highest BCUT2D eigenvalue weighted by molar-refractivity contribution is 5.97. The predicted molar refractivity (Wildman–Crippen MR) is 92.9 cm³/mol. The maximum atomic E-state index is 11.0. The summed E-state index contributed by atoms with van der Waals surface area (Å²) >= 11 is 0. The molecule has 0 unspecified atom stereocenters. The number of benzene rings is 1. The van der Waals surface area contributed by atoms with Gasteiger partial charge in [0, 0.05) is 24.0 Å². The van der Waals surface area contributed by atoms with E-state index in [9.17, 15) is 19.2 Å². The fraction of sp³-hybridized carbons (Fsp3) is 0.286. The minimum atomic E-state index is -0.412. The minimum absolute atomic E-state index is 0.219. The number of hydrogen-bond acceptors (Lipinski definition) is 8.